The largest absolute Gasteiger partial charge is 0.491 e. The molecule has 0 aliphatic carbocycles. The van der Waals surface area contributed by atoms with Gasteiger partial charge < -0.3 is 20.7 Å². The van der Waals surface area contributed by atoms with Crippen LogP contribution in [0.4, 0.5) is 17.2 Å². The van der Waals surface area contributed by atoms with Gasteiger partial charge in [0.1, 0.15) is 24.5 Å². The Bertz CT molecular complexity index is 1220. The van der Waals surface area contributed by atoms with Gasteiger partial charge >= 0.3 is 0 Å². The van der Waals surface area contributed by atoms with Crippen LogP contribution in [0, 0.1) is 0 Å². The summed E-state index contributed by atoms with van der Waals surface area (Å²) in [5, 5.41) is 4.16. The average Bonchev–Trinajstić information content (AvgIpc) is 2.93. The van der Waals surface area contributed by atoms with Gasteiger partial charge in [-0.25, -0.2) is 9.97 Å². The first-order chi connectivity index (χ1) is 18.0. The number of allylic oxidation sites excluding steroid dienone is 1. The molecule has 198 valence electrons. The monoisotopic (exact) mass is 521 g/mol. The molecule has 3 aromatic rings. The van der Waals surface area contributed by atoms with Gasteiger partial charge in [-0.05, 0) is 63.0 Å². The van der Waals surface area contributed by atoms with Crippen LogP contribution in [0.3, 0.4) is 0 Å². The average molecular weight is 522 g/mol. The first-order valence-corrected chi connectivity index (χ1v) is 12.8. The molecule has 0 radical (unpaired) electrons. The van der Waals surface area contributed by atoms with Gasteiger partial charge in [-0.15, -0.1) is 0 Å². The highest BCUT2D eigenvalue weighted by Crippen LogP contribution is 2.35. The summed E-state index contributed by atoms with van der Waals surface area (Å²) in [6.45, 7) is 12.7. The van der Waals surface area contributed by atoms with Crippen LogP contribution in [0.15, 0.2) is 59.4 Å². The van der Waals surface area contributed by atoms with E-state index in [0.29, 0.717) is 18.2 Å². The zero-order valence-corrected chi connectivity index (χ0v) is 23.6. The summed E-state index contributed by atoms with van der Waals surface area (Å²) < 4.78 is 6.19. The third-order valence-corrected chi connectivity index (χ3v) is 4.96. The maximum Gasteiger partial charge on any atom is 0.145 e. The van der Waals surface area contributed by atoms with Crippen molar-refractivity contribution in [1.82, 2.24) is 14.9 Å². The smallest absolute Gasteiger partial charge is 0.145 e. The molecule has 0 bridgehead atoms. The summed E-state index contributed by atoms with van der Waals surface area (Å²) in [6, 6.07) is 9.62. The van der Waals surface area contributed by atoms with Crippen molar-refractivity contribution in [1.29, 1.82) is 0 Å². The van der Waals surface area contributed by atoms with Crippen molar-refractivity contribution >= 4 is 65.3 Å². The lowest BCUT2D eigenvalue weighted by molar-refractivity contribution is 0.263. The van der Waals surface area contributed by atoms with Crippen molar-refractivity contribution in [3.05, 3.63) is 60.6 Å². The molecule has 0 amide bonds. The standard InChI is InChI=1S/C25H29N7O.C2H6.CH4S/c1-6-17-11-20(7-8-21(17)28-3)31-25-24-22(29-16-30-25)12-18(19(14-26)15-27-2)13-23(24)33-10-9-32(4)5;2*1-2/h6-8,11-16H,1,3,9-10,26H2,2,4-5H3,(H,29,30,31);1-2H3;2H,1H3/b19-14+,27-15?;;. The molecular weight excluding hydrogens is 482 g/mol. The molecule has 1 aromatic heterocycles. The van der Waals surface area contributed by atoms with Crippen LogP contribution in [-0.2, 0) is 0 Å². The summed E-state index contributed by atoms with van der Waals surface area (Å²) in [4.78, 5) is 19.2. The summed E-state index contributed by atoms with van der Waals surface area (Å²) in [7, 11) is 5.70. The highest BCUT2D eigenvalue weighted by atomic mass is 32.1. The molecule has 0 aliphatic heterocycles. The molecule has 3 N–H and O–H groups in total. The molecule has 9 heteroatoms. The Morgan fingerprint density at radius 3 is 2.51 bits per heavy atom. The van der Waals surface area contributed by atoms with Crippen molar-refractivity contribution in [2.24, 2.45) is 15.7 Å². The van der Waals surface area contributed by atoms with Crippen molar-refractivity contribution in [3.63, 3.8) is 0 Å². The quantitative estimate of drug-likeness (QED) is 0.228. The van der Waals surface area contributed by atoms with E-state index in [0.717, 1.165) is 45.5 Å². The Balaban J connectivity index is 0.00000163. The number of anilines is 2. The Morgan fingerprint density at radius 2 is 1.92 bits per heavy atom. The zero-order valence-electron chi connectivity index (χ0n) is 22.7. The summed E-state index contributed by atoms with van der Waals surface area (Å²) in [5.74, 6) is 1.28. The molecule has 2 aromatic carbocycles. The van der Waals surface area contributed by atoms with E-state index in [1.165, 1.54) is 12.5 Å². The normalized spacial score (nSPS) is 10.9. The van der Waals surface area contributed by atoms with E-state index in [1.54, 1.807) is 25.6 Å². The van der Waals surface area contributed by atoms with E-state index >= 15 is 0 Å². The lowest BCUT2D eigenvalue weighted by Crippen LogP contribution is -2.19. The minimum atomic E-state index is 0.504. The molecule has 1 heterocycles. The van der Waals surface area contributed by atoms with Crippen LogP contribution in [-0.4, -0.2) is 68.4 Å². The van der Waals surface area contributed by atoms with Crippen molar-refractivity contribution < 1.29 is 4.74 Å². The predicted octanol–water partition coefficient (Wildman–Crippen LogP) is 5.86. The SMILES string of the molecule is C=Cc1cc(Nc2ncnc3cc(/C(C=NC)=C/N)cc(OCCN(C)C)c23)ccc1N=C.CC.CS. The number of nitrogens with one attached hydrogen (secondary N) is 1. The van der Waals surface area contributed by atoms with Crippen molar-refractivity contribution in [2.45, 2.75) is 13.8 Å². The number of thiol groups is 1. The summed E-state index contributed by atoms with van der Waals surface area (Å²) in [6.07, 6.45) is 8.18. The summed E-state index contributed by atoms with van der Waals surface area (Å²) >= 11 is 3.53. The molecule has 0 spiro atoms. The molecule has 0 saturated heterocycles. The van der Waals surface area contributed by atoms with E-state index < -0.39 is 0 Å². The van der Waals surface area contributed by atoms with Crippen LogP contribution in [0.25, 0.3) is 22.6 Å². The van der Waals surface area contributed by atoms with Gasteiger partial charge in [0, 0.05) is 42.8 Å². The Hall–Kier alpha value is -3.69. The molecule has 3 rings (SSSR count). The number of aliphatic imine (C=N–C) groups is 2. The minimum absolute atomic E-state index is 0.504. The molecule has 0 unspecified atom stereocenters. The van der Waals surface area contributed by atoms with Crippen LogP contribution < -0.4 is 15.8 Å². The number of nitrogens with zero attached hydrogens (tertiary/aromatic N) is 5. The van der Waals surface area contributed by atoms with Gasteiger partial charge in [0.15, 0.2) is 0 Å². The van der Waals surface area contributed by atoms with E-state index in [4.69, 9.17) is 10.5 Å². The molecule has 0 aliphatic rings. The fourth-order valence-electron chi connectivity index (χ4n) is 3.30. The lowest BCUT2D eigenvalue weighted by Gasteiger charge is -2.17. The molecule has 8 nitrogen and oxygen atoms in total. The van der Waals surface area contributed by atoms with Gasteiger partial charge in [0.05, 0.1) is 16.6 Å². The van der Waals surface area contributed by atoms with Gasteiger partial charge in [-0.1, -0.05) is 26.5 Å². The number of hydrogen-bond donors (Lipinski definition) is 3. The number of nitrogens with two attached hydrogens (primary N) is 1. The predicted molar refractivity (Wildman–Crippen MR) is 165 cm³/mol. The van der Waals surface area contributed by atoms with Crippen molar-refractivity contribution in [2.75, 3.05) is 45.9 Å². The van der Waals surface area contributed by atoms with Gasteiger partial charge in [-0.2, -0.15) is 12.6 Å². The van der Waals surface area contributed by atoms with Crippen LogP contribution in [0.2, 0.25) is 0 Å². The first-order valence-electron chi connectivity index (χ1n) is 11.9. The van der Waals surface area contributed by atoms with Gasteiger partial charge in [0.2, 0.25) is 0 Å². The van der Waals surface area contributed by atoms with Crippen LogP contribution >= 0.6 is 12.6 Å². The third kappa shape index (κ3) is 8.73. The number of hydrogen-bond acceptors (Lipinski definition) is 9. The lowest BCUT2D eigenvalue weighted by atomic mass is 10.0. The second kappa shape index (κ2) is 16.9. The molecule has 37 heavy (non-hydrogen) atoms. The van der Waals surface area contributed by atoms with Crippen LogP contribution in [0.5, 0.6) is 5.75 Å². The number of benzene rings is 2. The summed E-state index contributed by atoms with van der Waals surface area (Å²) in [5.41, 5.74) is 10.7. The highest BCUT2D eigenvalue weighted by molar-refractivity contribution is 7.79. The number of likely N-dealkylation sites (N-methyl/N-ethyl adjacent to an activating group) is 1. The van der Waals surface area contributed by atoms with E-state index in [9.17, 15) is 0 Å². The minimum Gasteiger partial charge on any atom is -0.491 e. The Morgan fingerprint density at radius 1 is 1.19 bits per heavy atom. The first kappa shape index (κ1) is 31.3. The third-order valence-electron chi connectivity index (χ3n) is 4.96. The fourth-order valence-corrected chi connectivity index (χ4v) is 3.30. The van der Waals surface area contributed by atoms with Gasteiger partial charge in [-0.3, -0.25) is 9.98 Å². The van der Waals surface area contributed by atoms with E-state index in [2.05, 4.69) is 56.1 Å². The van der Waals surface area contributed by atoms with E-state index in [-0.39, 0.29) is 0 Å². The molecule has 0 fully saturated rings. The Kier molecular flexibility index (Phi) is 14.3. The van der Waals surface area contributed by atoms with Crippen molar-refractivity contribution in [3.8, 4) is 5.75 Å². The number of aromatic nitrogens is 2. The molecular formula is C28H39N7OS. The fraction of sp³-hybridized carbons (Fsp3) is 0.286. The second-order valence-corrected chi connectivity index (χ2v) is 7.51. The maximum absolute atomic E-state index is 6.19. The second-order valence-electron chi connectivity index (χ2n) is 7.51. The number of ether oxygens (including phenoxy) is 1. The number of rotatable bonds is 10. The maximum atomic E-state index is 6.19. The number of fused-ring (bicyclic) bond motifs is 1. The van der Waals surface area contributed by atoms with Gasteiger partial charge in [0.25, 0.3) is 0 Å². The topological polar surface area (TPSA) is 101 Å². The Labute approximate surface area is 226 Å². The van der Waals surface area contributed by atoms with E-state index in [1.807, 2.05) is 58.3 Å². The van der Waals surface area contributed by atoms with Crippen LogP contribution in [0.1, 0.15) is 25.0 Å². The molecule has 0 atom stereocenters. The highest BCUT2D eigenvalue weighted by Gasteiger charge is 2.15. The zero-order chi connectivity index (χ0) is 27.8. The molecule has 0 saturated carbocycles.